The van der Waals surface area contributed by atoms with Crippen LogP contribution in [0.1, 0.15) is 61.4 Å². The highest BCUT2D eigenvalue weighted by Crippen LogP contribution is 2.24. The van der Waals surface area contributed by atoms with Crippen molar-refractivity contribution in [3.63, 3.8) is 0 Å². The van der Waals surface area contributed by atoms with Crippen molar-refractivity contribution in [2.45, 2.75) is 58.4 Å². The van der Waals surface area contributed by atoms with Crippen LogP contribution in [0.25, 0.3) is 0 Å². The minimum absolute atomic E-state index is 0.0671. The Labute approximate surface area is 168 Å². The summed E-state index contributed by atoms with van der Waals surface area (Å²) in [6, 6.07) is 6.12. The van der Waals surface area contributed by atoms with Crippen LogP contribution in [0.2, 0.25) is 0 Å². The molecule has 1 saturated carbocycles. The first-order valence-corrected chi connectivity index (χ1v) is 10.8. The predicted molar refractivity (Wildman–Crippen MR) is 113 cm³/mol. The molecular formula is C22H34N4O2. The van der Waals surface area contributed by atoms with Gasteiger partial charge in [-0.25, -0.2) is 4.79 Å². The van der Waals surface area contributed by atoms with E-state index >= 15 is 0 Å². The molecule has 1 saturated heterocycles. The van der Waals surface area contributed by atoms with E-state index in [0.29, 0.717) is 23.8 Å². The van der Waals surface area contributed by atoms with Crippen molar-refractivity contribution < 1.29 is 9.59 Å². The van der Waals surface area contributed by atoms with Crippen LogP contribution in [0, 0.1) is 6.92 Å². The zero-order valence-corrected chi connectivity index (χ0v) is 17.3. The number of hydrogen-bond donors (Lipinski definition) is 2. The number of carbonyl (C=O) groups is 2. The molecule has 1 aliphatic heterocycles. The van der Waals surface area contributed by atoms with Gasteiger partial charge in [0.1, 0.15) is 0 Å². The van der Waals surface area contributed by atoms with Gasteiger partial charge in [-0.05, 0) is 50.3 Å². The maximum atomic E-state index is 12.8. The fourth-order valence-electron chi connectivity index (χ4n) is 4.21. The minimum Gasteiger partial charge on any atom is -0.352 e. The normalized spacial score (nSPS) is 18.7. The van der Waals surface area contributed by atoms with Gasteiger partial charge >= 0.3 is 6.03 Å². The van der Waals surface area contributed by atoms with Gasteiger partial charge in [-0.1, -0.05) is 25.8 Å². The van der Waals surface area contributed by atoms with E-state index in [2.05, 4.69) is 15.5 Å². The predicted octanol–water partition coefficient (Wildman–Crippen LogP) is 3.62. The molecule has 2 fully saturated rings. The van der Waals surface area contributed by atoms with Crippen molar-refractivity contribution in [3.05, 3.63) is 29.3 Å². The van der Waals surface area contributed by atoms with E-state index in [0.717, 1.165) is 44.6 Å². The monoisotopic (exact) mass is 386 g/mol. The van der Waals surface area contributed by atoms with E-state index < -0.39 is 0 Å². The Morgan fingerprint density at radius 3 is 2.61 bits per heavy atom. The molecule has 0 unspecified atom stereocenters. The fraction of sp³-hybridized carbons (Fsp3) is 0.636. The van der Waals surface area contributed by atoms with Gasteiger partial charge in [0.2, 0.25) is 0 Å². The first-order chi connectivity index (χ1) is 13.6. The van der Waals surface area contributed by atoms with Crippen LogP contribution in [0.5, 0.6) is 0 Å². The Balaban J connectivity index is 1.60. The maximum absolute atomic E-state index is 12.8. The quantitative estimate of drug-likeness (QED) is 0.812. The van der Waals surface area contributed by atoms with Gasteiger partial charge in [0, 0.05) is 50.0 Å². The summed E-state index contributed by atoms with van der Waals surface area (Å²) in [6.45, 7) is 8.21. The summed E-state index contributed by atoms with van der Waals surface area (Å²) in [5.74, 6) is -0.0978. The molecule has 1 heterocycles. The number of nitrogens with zero attached hydrogens (tertiary/aromatic N) is 2. The molecule has 0 bridgehead atoms. The van der Waals surface area contributed by atoms with Gasteiger partial charge in [0.15, 0.2) is 0 Å². The average Bonchev–Trinajstić information content (AvgIpc) is 3.12. The molecule has 0 spiro atoms. The Morgan fingerprint density at radius 2 is 1.86 bits per heavy atom. The van der Waals surface area contributed by atoms with Crippen molar-refractivity contribution in [2.75, 3.05) is 38.0 Å². The number of urea groups is 1. The SMILES string of the molecule is CCCNC(=O)c1ccc(C)c(NC(=O)N2CCCN(C3CCCC3)CC2)c1. The van der Waals surface area contributed by atoms with Crippen LogP contribution in [0.15, 0.2) is 18.2 Å². The number of aryl methyl sites for hydroxylation is 1. The van der Waals surface area contributed by atoms with Crippen molar-refractivity contribution in [1.82, 2.24) is 15.1 Å². The van der Waals surface area contributed by atoms with Crippen molar-refractivity contribution >= 4 is 17.6 Å². The lowest BCUT2D eigenvalue weighted by Gasteiger charge is -2.27. The zero-order valence-electron chi connectivity index (χ0n) is 17.3. The molecule has 1 aliphatic carbocycles. The molecule has 2 aliphatic rings. The minimum atomic E-state index is -0.0978. The number of hydrogen-bond acceptors (Lipinski definition) is 3. The molecule has 0 radical (unpaired) electrons. The van der Waals surface area contributed by atoms with E-state index in [4.69, 9.17) is 0 Å². The van der Waals surface area contributed by atoms with Crippen molar-refractivity contribution in [1.29, 1.82) is 0 Å². The molecule has 1 aromatic rings. The first-order valence-electron chi connectivity index (χ1n) is 10.8. The van der Waals surface area contributed by atoms with E-state index in [9.17, 15) is 9.59 Å². The molecule has 28 heavy (non-hydrogen) atoms. The summed E-state index contributed by atoms with van der Waals surface area (Å²) < 4.78 is 0. The van der Waals surface area contributed by atoms with Crippen LogP contribution < -0.4 is 10.6 Å². The number of anilines is 1. The van der Waals surface area contributed by atoms with Gasteiger partial charge in [-0.2, -0.15) is 0 Å². The largest absolute Gasteiger partial charge is 0.352 e. The number of rotatable bonds is 5. The number of amides is 3. The molecule has 0 atom stereocenters. The molecule has 2 N–H and O–H groups in total. The molecule has 3 amide bonds. The van der Waals surface area contributed by atoms with Crippen LogP contribution in [-0.4, -0.2) is 60.5 Å². The Morgan fingerprint density at radius 1 is 1.07 bits per heavy atom. The fourth-order valence-corrected chi connectivity index (χ4v) is 4.21. The van der Waals surface area contributed by atoms with E-state index in [1.807, 2.05) is 24.8 Å². The topological polar surface area (TPSA) is 64.7 Å². The van der Waals surface area contributed by atoms with E-state index in [-0.39, 0.29) is 11.9 Å². The van der Waals surface area contributed by atoms with Crippen LogP contribution in [0.3, 0.4) is 0 Å². The second-order valence-electron chi connectivity index (χ2n) is 8.03. The summed E-state index contributed by atoms with van der Waals surface area (Å²) >= 11 is 0. The standard InChI is InChI=1S/C22H34N4O2/c1-3-11-23-21(27)18-10-9-17(2)20(16-18)24-22(28)26-13-6-12-25(14-15-26)19-7-4-5-8-19/h9-10,16,19H,3-8,11-15H2,1-2H3,(H,23,27)(H,24,28). The van der Waals surface area contributed by atoms with Gasteiger partial charge in [0.25, 0.3) is 5.91 Å². The molecule has 154 valence electrons. The third-order valence-electron chi connectivity index (χ3n) is 5.94. The second-order valence-corrected chi connectivity index (χ2v) is 8.03. The van der Waals surface area contributed by atoms with Crippen LogP contribution >= 0.6 is 0 Å². The number of nitrogens with one attached hydrogen (secondary N) is 2. The molecule has 6 heteroatoms. The number of carbonyl (C=O) groups excluding carboxylic acids is 2. The van der Waals surface area contributed by atoms with Crippen LogP contribution in [0.4, 0.5) is 10.5 Å². The van der Waals surface area contributed by atoms with Crippen molar-refractivity contribution in [2.24, 2.45) is 0 Å². The smallest absolute Gasteiger partial charge is 0.321 e. The molecular weight excluding hydrogens is 352 g/mol. The second kappa shape index (κ2) is 9.92. The van der Waals surface area contributed by atoms with E-state index in [1.165, 1.54) is 25.7 Å². The third-order valence-corrected chi connectivity index (χ3v) is 5.94. The number of benzene rings is 1. The lowest BCUT2D eigenvalue weighted by molar-refractivity contribution is 0.0953. The van der Waals surface area contributed by atoms with Gasteiger partial charge in [-0.3, -0.25) is 9.69 Å². The lowest BCUT2D eigenvalue weighted by Crippen LogP contribution is -2.40. The Bertz CT molecular complexity index is 685. The highest BCUT2D eigenvalue weighted by atomic mass is 16.2. The van der Waals surface area contributed by atoms with Gasteiger partial charge in [0.05, 0.1) is 0 Å². The van der Waals surface area contributed by atoms with Crippen molar-refractivity contribution in [3.8, 4) is 0 Å². The Kier molecular flexibility index (Phi) is 7.31. The summed E-state index contributed by atoms with van der Waals surface area (Å²) in [6.07, 6.45) is 7.20. The van der Waals surface area contributed by atoms with Crippen LogP contribution in [-0.2, 0) is 0 Å². The molecule has 1 aromatic carbocycles. The summed E-state index contributed by atoms with van der Waals surface area (Å²) in [5, 5.41) is 5.92. The highest BCUT2D eigenvalue weighted by Gasteiger charge is 2.26. The van der Waals surface area contributed by atoms with E-state index in [1.54, 1.807) is 12.1 Å². The molecule has 6 nitrogen and oxygen atoms in total. The Hall–Kier alpha value is -2.08. The highest BCUT2D eigenvalue weighted by molar-refractivity contribution is 5.97. The third kappa shape index (κ3) is 5.25. The summed E-state index contributed by atoms with van der Waals surface area (Å²) in [4.78, 5) is 29.6. The molecule has 3 rings (SSSR count). The first kappa shape index (κ1) is 20.6. The molecule has 0 aromatic heterocycles. The van der Waals surface area contributed by atoms with Gasteiger partial charge < -0.3 is 15.5 Å². The average molecular weight is 387 g/mol. The summed E-state index contributed by atoms with van der Waals surface area (Å²) in [5.41, 5.74) is 2.26. The lowest BCUT2D eigenvalue weighted by atomic mass is 10.1. The zero-order chi connectivity index (χ0) is 19.9. The maximum Gasteiger partial charge on any atom is 0.321 e. The summed E-state index contributed by atoms with van der Waals surface area (Å²) in [7, 11) is 0. The van der Waals surface area contributed by atoms with Gasteiger partial charge in [-0.15, -0.1) is 0 Å².